The summed E-state index contributed by atoms with van der Waals surface area (Å²) < 4.78 is 53.4. The number of amides is 1. The van der Waals surface area contributed by atoms with Gasteiger partial charge < -0.3 is 10.4 Å². The Morgan fingerprint density at radius 1 is 1.43 bits per heavy atom. The summed E-state index contributed by atoms with van der Waals surface area (Å²) in [5, 5.41) is 13.6. The monoisotopic (exact) mass is 435 g/mol. The molecular formula is C17H26FN3O5S2. The fourth-order valence-electron chi connectivity index (χ4n) is 3.66. The van der Waals surface area contributed by atoms with E-state index in [0.29, 0.717) is 40.6 Å². The van der Waals surface area contributed by atoms with Gasteiger partial charge in [-0.25, -0.2) is 13.4 Å². The predicted octanol–water partition coefficient (Wildman–Crippen LogP) is -0.174. The lowest BCUT2D eigenvalue weighted by atomic mass is 9.87. The van der Waals surface area contributed by atoms with Crippen LogP contribution in [0, 0.1) is 5.82 Å². The summed E-state index contributed by atoms with van der Waals surface area (Å²) in [4.78, 5) is 11.5. The zero-order chi connectivity index (χ0) is 20.7. The molecule has 0 aromatic heterocycles. The van der Waals surface area contributed by atoms with Crippen LogP contribution in [0.15, 0.2) is 6.07 Å². The van der Waals surface area contributed by atoms with Crippen molar-refractivity contribution < 1.29 is 26.9 Å². The second kappa shape index (κ2) is 7.60. The predicted molar refractivity (Wildman–Crippen MR) is 107 cm³/mol. The van der Waals surface area contributed by atoms with E-state index >= 15 is 4.39 Å². The molecule has 3 rings (SSSR count). The zero-order valence-electron chi connectivity index (χ0n) is 15.9. The minimum Gasteiger partial charge on any atom is -0.506 e. The molecule has 11 heteroatoms. The number of hydrogen-bond acceptors (Lipinski definition) is 6. The number of phenols is 1. The maximum atomic E-state index is 15.2. The molecule has 1 aliphatic heterocycles. The largest absolute Gasteiger partial charge is 0.506 e. The van der Waals surface area contributed by atoms with Crippen LogP contribution in [0.25, 0.3) is 0 Å². The molecule has 1 atom stereocenters. The van der Waals surface area contributed by atoms with Gasteiger partial charge in [0.05, 0.1) is 0 Å². The average molecular weight is 436 g/mol. The molecule has 8 nitrogen and oxygen atoms in total. The zero-order valence-corrected chi connectivity index (χ0v) is 17.6. The lowest BCUT2D eigenvalue weighted by Crippen LogP contribution is -2.37. The molecule has 0 radical (unpaired) electrons. The van der Waals surface area contributed by atoms with Gasteiger partial charge in [0.25, 0.3) is 5.91 Å². The molecule has 1 saturated heterocycles. The van der Waals surface area contributed by atoms with Crippen LogP contribution in [0.2, 0.25) is 0 Å². The van der Waals surface area contributed by atoms with Crippen LogP contribution in [0.3, 0.4) is 0 Å². The number of phenolic OH excluding ortho intramolecular Hbond substituents is 1. The molecule has 1 unspecified atom stereocenters. The van der Waals surface area contributed by atoms with Crippen molar-refractivity contribution >= 4 is 31.7 Å². The SMILES string of the molecule is C[SH](C)(=O)CCCNC1CCc2cc(O)c(N3CC(=O)NS3(=O)=O)c(F)c2C1. The first-order chi connectivity index (χ1) is 13.0. The number of thiol groups is 1. The van der Waals surface area contributed by atoms with Crippen molar-refractivity contribution in [3.63, 3.8) is 0 Å². The first-order valence-corrected chi connectivity index (χ1v) is 13.3. The standard InChI is InChI=1S/C17H26FN3O5S2/c1-27(2,24)7-3-6-19-12-5-4-11-8-14(22)17(16(18)13(11)9-12)21-10-15(23)20-28(21,25)26/h8,12,19,22,27H,3-7,9-10H2,1-2H3,(H,20,23). The highest BCUT2D eigenvalue weighted by molar-refractivity contribution is 8.01. The molecule has 1 heterocycles. The third kappa shape index (κ3) is 4.47. The number of carbonyl (C=O) groups is 1. The molecule has 1 fully saturated rings. The van der Waals surface area contributed by atoms with Crippen molar-refractivity contribution in [2.24, 2.45) is 0 Å². The van der Waals surface area contributed by atoms with Crippen LogP contribution in [0.1, 0.15) is 24.0 Å². The highest BCUT2D eigenvalue weighted by Gasteiger charge is 2.39. The van der Waals surface area contributed by atoms with E-state index < -0.39 is 49.8 Å². The number of fused-ring (bicyclic) bond motifs is 1. The highest BCUT2D eigenvalue weighted by Crippen LogP contribution is 2.39. The first kappa shape index (κ1) is 21.0. The lowest BCUT2D eigenvalue weighted by molar-refractivity contribution is -0.117. The number of aromatic hydroxyl groups is 1. The maximum absolute atomic E-state index is 15.2. The molecule has 3 N–H and O–H groups in total. The smallest absolute Gasteiger partial charge is 0.326 e. The van der Waals surface area contributed by atoms with E-state index in [1.54, 1.807) is 17.2 Å². The van der Waals surface area contributed by atoms with E-state index in [0.717, 1.165) is 12.8 Å². The summed E-state index contributed by atoms with van der Waals surface area (Å²) in [6, 6.07) is 1.38. The third-order valence-corrected chi connectivity index (χ3v) is 7.77. The number of rotatable bonds is 6. The topological polar surface area (TPSA) is 116 Å². The van der Waals surface area contributed by atoms with Crippen molar-refractivity contribution in [3.05, 3.63) is 23.0 Å². The van der Waals surface area contributed by atoms with Crippen molar-refractivity contribution in [1.82, 2.24) is 10.0 Å². The number of aryl methyl sites for hydroxylation is 1. The van der Waals surface area contributed by atoms with Crippen LogP contribution in [-0.4, -0.2) is 61.0 Å². The average Bonchev–Trinajstić information content (AvgIpc) is 2.83. The normalized spacial score (nSPS) is 22.0. The van der Waals surface area contributed by atoms with Gasteiger partial charge in [0.2, 0.25) is 0 Å². The Morgan fingerprint density at radius 3 is 2.75 bits per heavy atom. The minimum atomic E-state index is -4.21. The Bertz CT molecular complexity index is 945. The molecule has 1 aliphatic carbocycles. The van der Waals surface area contributed by atoms with E-state index in [2.05, 4.69) is 5.32 Å². The van der Waals surface area contributed by atoms with E-state index in [4.69, 9.17) is 0 Å². The summed E-state index contributed by atoms with van der Waals surface area (Å²) in [6.07, 6.45) is 5.90. The molecule has 0 saturated carbocycles. The number of carbonyl (C=O) groups excluding carboxylic acids is 1. The maximum Gasteiger partial charge on any atom is 0.326 e. The summed E-state index contributed by atoms with van der Waals surface area (Å²) in [7, 11) is -6.28. The van der Waals surface area contributed by atoms with Crippen molar-refractivity contribution in [2.45, 2.75) is 31.7 Å². The first-order valence-electron chi connectivity index (χ1n) is 9.12. The Balaban J connectivity index is 1.79. The van der Waals surface area contributed by atoms with Gasteiger partial charge in [0.1, 0.15) is 18.0 Å². The van der Waals surface area contributed by atoms with Crippen LogP contribution < -0.4 is 14.3 Å². The molecular weight excluding hydrogens is 409 g/mol. The number of benzene rings is 1. The molecule has 28 heavy (non-hydrogen) atoms. The molecule has 1 aromatic rings. The van der Waals surface area contributed by atoms with Gasteiger partial charge in [0.15, 0.2) is 5.82 Å². The van der Waals surface area contributed by atoms with Gasteiger partial charge in [-0.15, -0.1) is 9.93 Å². The Morgan fingerprint density at radius 2 is 2.14 bits per heavy atom. The Kier molecular flexibility index (Phi) is 5.70. The number of nitrogens with zero attached hydrogens (tertiary/aromatic N) is 1. The van der Waals surface area contributed by atoms with E-state index in [9.17, 15) is 22.5 Å². The summed E-state index contributed by atoms with van der Waals surface area (Å²) in [5.41, 5.74) is 0.498. The van der Waals surface area contributed by atoms with E-state index in [1.165, 1.54) is 6.07 Å². The third-order valence-electron chi connectivity index (χ3n) is 5.00. The van der Waals surface area contributed by atoms with Crippen molar-refractivity contribution in [1.29, 1.82) is 0 Å². The summed E-state index contributed by atoms with van der Waals surface area (Å²) >= 11 is 0. The highest BCUT2D eigenvalue weighted by atomic mass is 32.2. The molecule has 1 aromatic carbocycles. The van der Waals surface area contributed by atoms with Crippen molar-refractivity contribution in [3.8, 4) is 5.75 Å². The number of hydrogen-bond donors (Lipinski definition) is 4. The summed E-state index contributed by atoms with van der Waals surface area (Å²) in [6.45, 7) is 0.0958. The second-order valence-corrected chi connectivity index (χ2v) is 13.0. The molecule has 158 valence electrons. The molecule has 1 amide bonds. The quantitative estimate of drug-likeness (QED) is 0.364. The fourth-order valence-corrected chi connectivity index (χ4v) is 5.75. The molecule has 0 bridgehead atoms. The molecule has 2 aliphatic rings. The molecule has 0 spiro atoms. The van der Waals surface area contributed by atoms with Crippen molar-refractivity contribution in [2.75, 3.05) is 35.7 Å². The minimum absolute atomic E-state index is 0.00225. The van der Waals surface area contributed by atoms with Crippen LogP contribution in [0.4, 0.5) is 10.1 Å². The van der Waals surface area contributed by atoms with E-state index in [1.807, 2.05) is 0 Å². The second-order valence-electron chi connectivity index (χ2n) is 7.78. The lowest BCUT2D eigenvalue weighted by Gasteiger charge is -2.28. The Hall–Kier alpha value is -1.72. The number of halogens is 1. The number of nitrogens with one attached hydrogen (secondary N) is 2. The Labute approximate surface area is 165 Å². The number of anilines is 1. The van der Waals surface area contributed by atoms with E-state index in [-0.39, 0.29) is 6.04 Å². The van der Waals surface area contributed by atoms with Gasteiger partial charge in [-0.1, -0.05) is 0 Å². The van der Waals surface area contributed by atoms with Gasteiger partial charge in [-0.3, -0.25) is 9.00 Å². The van der Waals surface area contributed by atoms with Gasteiger partial charge in [0, 0.05) is 11.8 Å². The van der Waals surface area contributed by atoms with Gasteiger partial charge >= 0.3 is 10.2 Å². The van der Waals surface area contributed by atoms with Crippen LogP contribution >= 0.6 is 0 Å². The van der Waals surface area contributed by atoms with Crippen LogP contribution in [-0.2, 0) is 37.8 Å². The van der Waals surface area contributed by atoms with Crippen LogP contribution in [0.5, 0.6) is 5.75 Å². The van der Waals surface area contributed by atoms with Gasteiger partial charge in [-0.05, 0) is 61.9 Å². The van der Waals surface area contributed by atoms with Gasteiger partial charge in [-0.2, -0.15) is 8.42 Å². The summed E-state index contributed by atoms with van der Waals surface area (Å²) in [5.74, 6) is -1.44. The fraction of sp³-hybridized carbons (Fsp3) is 0.588.